The number of hydrogen-bond acceptors (Lipinski definition) is 2. The van der Waals surface area contributed by atoms with Crippen LogP contribution in [0, 0.1) is 0 Å². The lowest BCUT2D eigenvalue weighted by Crippen LogP contribution is -2.45. The number of alkyl halides is 7. The molecule has 18 heavy (non-hydrogen) atoms. The van der Waals surface area contributed by atoms with Crippen LogP contribution < -0.4 is 0 Å². The van der Waals surface area contributed by atoms with Crippen LogP contribution in [-0.4, -0.2) is 35.3 Å². The summed E-state index contributed by atoms with van der Waals surface area (Å²) in [5, 5.41) is -0.450. The van der Waals surface area contributed by atoms with Crippen LogP contribution in [0.4, 0.5) is 30.7 Å². The second kappa shape index (κ2) is 6.63. The van der Waals surface area contributed by atoms with E-state index in [0.717, 1.165) is 0 Å². The number of rotatable bonds is 6. The van der Waals surface area contributed by atoms with Gasteiger partial charge in [0.1, 0.15) is 0 Å². The molecule has 2 unspecified atom stereocenters. The fraction of sp³-hybridized carbons (Fsp3) is 0.889. The molecule has 0 aromatic carbocycles. The van der Waals surface area contributed by atoms with E-state index < -0.39 is 41.7 Å². The van der Waals surface area contributed by atoms with Gasteiger partial charge in [0.15, 0.2) is 5.12 Å². The first kappa shape index (κ1) is 17.5. The van der Waals surface area contributed by atoms with Gasteiger partial charge < -0.3 is 0 Å². The third-order valence-electron chi connectivity index (χ3n) is 1.96. The lowest BCUT2D eigenvalue weighted by molar-refractivity contribution is -0.226. The Balaban J connectivity index is 4.40. The van der Waals surface area contributed by atoms with Crippen LogP contribution in [0.25, 0.3) is 0 Å². The molecule has 1 nitrogen and oxygen atoms in total. The number of thioether (sulfide) groups is 1. The Morgan fingerprint density at radius 3 is 2.00 bits per heavy atom. The van der Waals surface area contributed by atoms with E-state index in [1.165, 1.54) is 6.92 Å². The quantitative estimate of drug-likeness (QED) is 0.692. The minimum Gasteiger partial charge on any atom is -0.287 e. The first-order chi connectivity index (χ1) is 8.02. The van der Waals surface area contributed by atoms with Crippen molar-refractivity contribution in [3.8, 4) is 0 Å². The molecule has 0 fully saturated rings. The zero-order valence-electron chi connectivity index (χ0n) is 9.24. The zero-order chi connectivity index (χ0) is 14.6. The summed E-state index contributed by atoms with van der Waals surface area (Å²) in [4.78, 5) is 10.7. The number of hydrogen-bond donors (Lipinski definition) is 0. The van der Waals surface area contributed by atoms with E-state index in [1.54, 1.807) is 0 Å². The molecule has 0 heterocycles. The van der Waals surface area contributed by atoms with Crippen LogP contribution in [-0.2, 0) is 4.79 Å². The number of halogens is 7. The predicted molar refractivity (Wildman–Crippen MR) is 53.2 cm³/mol. The van der Waals surface area contributed by atoms with Crippen LogP contribution in [0.5, 0.6) is 0 Å². The van der Waals surface area contributed by atoms with Gasteiger partial charge in [-0.3, -0.25) is 4.79 Å². The topological polar surface area (TPSA) is 17.1 Å². The second-order valence-electron chi connectivity index (χ2n) is 3.43. The van der Waals surface area contributed by atoms with Crippen molar-refractivity contribution in [1.29, 1.82) is 0 Å². The minimum absolute atomic E-state index is 0.0591. The molecule has 0 N–H and O–H groups in total. The second-order valence-corrected chi connectivity index (χ2v) is 4.58. The minimum atomic E-state index is -5.67. The maximum atomic E-state index is 12.9. The molecule has 9 heteroatoms. The van der Waals surface area contributed by atoms with Gasteiger partial charge in [0.2, 0.25) is 12.3 Å². The summed E-state index contributed by atoms with van der Waals surface area (Å²) in [7, 11) is 0. The summed E-state index contributed by atoms with van der Waals surface area (Å²) in [6.45, 7) is 1.46. The summed E-state index contributed by atoms with van der Waals surface area (Å²) in [5.41, 5.74) is 0. The van der Waals surface area contributed by atoms with Gasteiger partial charge in [-0.15, -0.1) is 0 Å². The normalized spacial score (nSPS) is 16.4. The van der Waals surface area contributed by atoms with Crippen LogP contribution >= 0.6 is 11.8 Å². The molecular weight excluding hydrogens is 289 g/mol. The Labute approximate surface area is 103 Å². The summed E-state index contributed by atoms with van der Waals surface area (Å²) in [6, 6.07) is 0. The number of carbonyl (C=O) groups is 1. The molecule has 0 saturated heterocycles. The van der Waals surface area contributed by atoms with Gasteiger partial charge in [-0.05, 0) is 0 Å². The molecule has 0 spiro atoms. The van der Waals surface area contributed by atoms with Crippen molar-refractivity contribution < 1.29 is 35.5 Å². The van der Waals surface area contributed by atoms with Gasteiger partial charge in [-0.25, -0.2) is 17.6 Å². The monoisotopic (exact) mass is 300 g/mol. The van der Waals surface area contributed by atoms with Crippen LogP contribution in [0.15, 0.2) is 0 Å². The molecule has 0 aliphatic heterocycles. The van der Waals surface area contributed by atoms with Crippen LogP contribution in [0.2, 0.25) is 0 Å². The molecule has 0 bridgehead atoms. The third-order valence-corrected chi connectivity index (χ3v) is 2.98. The van der Waals surface area contributed by atoms with Crippen molar-refractivity contribution in [3.05, 3.63) is 0 Å². The van der Waals surface area contributed by atoms with E-state index >= 15 is 0 Å². The Hall–Kier alpha value is -0.470. The lowest BCUT2D eigenvalue weighted by atomic mass is 10.1. The molecule has 0 aromatic rings. The Bertz CT molecular complexity index is 279. The highest BCUT2D eigenvalue weighted by Gasteiger charge is 2.55. The Morgan fingerprint density at radius 1 is 1.11 bits per heavy atom. The standard InChI is InChI=1S/C9H11F7OS/c1-2-5(17)18-4-3-8(12,13)6(10)7(11)9(14,15)16/h6-7H,2-4H2,1H3. The zero-order valence-corrected chi connectivity index (χ0v) is 10.1. The number of carbonyl (C=O) groups excluding carboxylic acids is 1. The molecule has 108 valence electrons. The van der Waals surface area contributed by atoms with Gasteiger partial charge in [-0.2, -0.15) is 13.2 Å². The van der Waals surface area contributed by atoms with Gasteiger partial charge >= 0.3 is 6.18 Å². The first-order valence-electron chi connectivity index (χ1n) is 4.90. The van der Waals surface area contributed by atoms with E-state index in [2.05, 4.69) is 0 Å². The highest BCUT2D eigenvalue weighted by Crippen LogP contribution is 2.37. The van der Waals surface area contributed by atoms with E-state index in [0.29, 0.717) is 11.8 Å². The summed E-state index contributed by atoms with van der Waals surface area (Å²) in [5.74, 6) is -5.03. The third kappa shape index (κ3) is 5.45. The fourth-order valence-corrected chi connectivity index (χ4v) is 1.73. The largest absolute Gasteiger partial charge is 0.422 e. The van der Waals surface area contributed by atoms with Crippen molar-refractivity contribution in [1.82, 2.24) is 0 Å². The average molecular weight is 300 g/mol. The van der Waals surface area contributed by atoms with E-state index in [-0.39, 0.29) is 6.42 Å². The molecule has 2 atom stereocenters. The lowest BCUT2D eigenvalue weighted by Gasteiger charge is -2.24. The average Bonchev–Trinajstić information content (AvgIpc) is 2.25. The van der Waals surface area contributed by atoms with Crippen molar-refractivity contribution >= 4 is 16.9 Å². The Morgan fingerprint density at radius 2 is 1.61 bits per heavy atom. The molecule has 0 amide bonds. The molecule has 0 radical (unpaired) electrons. The molecule has 0 aliphatic carbocycles. The molecular formula is C9H11F7OS. The highest BCUT2D eigenvalue weighted by atomic mass is 32.2. The summed E-state index contributed by atoms with van der Waals surface area (Å²) < 4.78 is 86.1. The van der Waals surface area contributed by atoms with Crippen molar-refractivity contribution in [3.63, 3.8) is 0 Å². The molecule has 0 aliphatic rings. The first-order valence-corrected chi connectivity index (χ1v) is 5.89. The van der Waals surface area contributed by atoms with Gasteiger partial charge in [-0.1, -0.05) is 18.7 Å². The van der Waals surface area contributed by atoms with E-state index in [4.69, 9.17) is 0 Å². The van der Waals surface area contributed by atoms with Gasteiger partial charge in [0.05, 0.1) is 0 Å². The van der Waals surface area contributed by atoms with Crippen LogP contribution in [0.3, 0.4) is 0 Å². The molecule has 0 rings (SSSR count). The summed E-state index contributed by atoms with van der Waals surface area (Å²) in [6.07, 6.45) is -15.1. The maximum Gasteiger partial charge on any atom is 0.422 e. The highest BCUT2D eigenvalue weighted by molar-refractivity contribution is 8.13. The van der Waals surface area contributed by atoms with Gasteiger partial charge in [0.25, 0.3) is 5.92 Å². The summed E-state index contributed by atoms with van der Waals surface area (Å²) >= 11 is 0.451. The van der Waals surface area contributed by atoms with Crippen molar-refractivity contribution in [2.45, 2.75) is 44.2 Å². The smallest absolute Gasteiger partial charge is 0.287 e. The van der Waals surface area contributed by atoms with E-state index in [9.17, 15) is 35.5 Å². The fourth-order valence-electron chi connectivity index (χ4n) is 0.921. The van der Waals surface area contributed by atoms with Crippen LogP contribution in [0.1, 0.15) is 19.8 Å². The maximum absolute atomic E-state index is 12.9. The van der Waals surface area contributed by atoms with Gasteiger partial charge in [0, 0.05) is 18.6 Å². The van der Waals surface area contributed by atoms with E-state index in [1.807, 2.05) is 0 Å². The Kier molecular flexibility index (Phi) is 6.45. The SMILES string of the molecule is CCC(=O)SCCC(F)(F)C(F)C(F)C(F)(F)F. The van der Waals surface area contributed by atoms with Crippen molar-refractivity contribution in [2.24, 2.45) is 0 Å². The molecule has 0 aromatic heterocycles. The van der Waals surface area contributed by atoms with Crippen molar-refractivity contribution in [2.75, 3.05) is 5.75 Å². The predicted octanol–water partition coefficient (Wildman–Crippen LogP) is 3.92. The molecule has 0 saturated carbocycles.